The van der Waals surface area contributed by atoms with Crippen LogP contribution in [0.15, 0.2) is 48.5 Å². The van der Waals surface area contributed by atoms with Gasteiger partial charge in [0, 0.05) is 24.9 Å². The molecule has 0 aliphatic rings. The minimum Gasteiger partial charge on any atom is -0.387 e. The van der Waals surface area contributed by atoms with Gasteiger partial charge in [-0.05, 0) is 49.6 Å². The van der Waals surface area contributed by atoms with Crippen molar-refractivity contribution in [1.29, 1.82) is 0 Å². The van der Waals surface area contributed by atoms with E-state index in [1.165, 1.54) is 10.4 Å². The highest BCUT2D eigenvalue weighted by atomic mass is 32.1. The molecule has 5 nitrogen and oxygen atoms in total. The van der Waals surface area contributed by atoms with Crippen molar-refractivity contribution in [3.63, 3.8) is 0 Å². The van der Waals surface area contributed by atoms with Crippen LogP contribution in [0.3, 0.4) is 0 Å². The fourth-order valence-corrected chi connectivity index (χ4v) is 4.83. The molecule has 31 heavy (non-hydrogen) atoms. The molecule has 0 bridgehead atoms. The average molecular weight is 435 g/mol. The molecule has 0 saturated carbocycles. The fourth-order valence-electron chi connectivity index (χ4n) is 3.94. The normalized spacial score (nSPS) is 12.5. The molecule has 0 radical (unpaired) electrons. The van der Waals surface area contributed by atoms with Gasteiger partial charge < -0.3 is 15.0 Å². The predicted molar refractivity (Wildman–Crippen MR) is 128 cm³/mol. The maximum Gasteiger partial charge on any atom is 0.115 e. The maximum absolute atomic E-state index is 10.3. The van der Waals surface area contributed by atoms with E-state index in [-0.39, 0.29) is 0 Å². The van der Waals surface area contributed by atoms with Crippen LogP contribution in [0.2, 0.25) is 0 Å². The second-order valence-electron chi connectivity index (χ2n) is 7.92. The first kappa shape index (κ1) is 21.7. The molecule has 4 rings (SSSR count). The monoisotopic (exact) mass is 434 g/mol. The number of aromatic nitrogens is 3. The Bertz CT molecular complexity index is 1150. The lowest BCUT2D eigenvalue weighted by Gasteiger charge is -2.12. The van der Waals surface area contributed by atoms with Crippen LogP contribution in [0.4, 0.5) is 0 Å². The van der Waals surface area contributed by atoms with Crippen molar-refractivity contribution in [2.24, 2.45) is 7.05 Å². The molecule has 0 aliphatic carbocycles. The lowest BCUT2D eigenvalue weighted by Crippen LogP contribution is -2.23. The Morgan fingerprint density at radius 2 is 1.94 bits per heavy atom. The number of aryl methyl sites for hydroxylation is 3. The third-order valence-electron chi connectivity index (χ3n) is 5.68. The van der Waals surface area contributed by atoms with E-state index < -0.39 is 6.10 Å². The average Bonchev–Trinajstić information content (AvgIpc) is 3.30. The highest BCUT2D eigenvalue weighted by Crippen LogP contribution is 2.23. The summed E-state index contributed by atoms with van der Waals surface area (Å²) in [5.41, 5.74) is 5.55. The van der Waals surface area contributed by atoms with Gasteiger partial charge >= 0.3 is 0 Å². The van der Waals surface area contributed by atoms with Crippen LogP contribution in [0.1, 0.15) is 45.6 Å². The molecule has 0 saturated heterocycles. The van der Waals surface area contributed by atoms with E-state index in [1.807, 2.05) is 30.3 Å². The maximum atomic E-state index is 10.3. The summed E-state index contributed by atoms with van der Waals surface area (Å²) < 4.78 is 2.19. The summed E-state index contributed by atoms with van der Waals surface area (Å²) >= 11 is 1.79. The molecule has 0 spiro atoms. The van der Waals surface area contributed by atoms with Crippen LogP contribution >= 0.6 is 11.3 Å². The standard InChI is InChI=1S/C25H30N4OS/c1-4-24-21(27-17(2)31-24)15-25-28-20-11-10-18(14-22(20)29(25)3)12-13-26-16-23(30)19-8-6-5-7-9-19/h5-11,14,23,26,30H,4,12-13,15-16H2,1-3H3/t23-/m0/s1. The van der Waals surface area contributed by atoms with Crippen molar-refractivity contribution in [1.82, 2.24) is 19.9 Å². The summed E-state index contributed by atoms with van der Waals surface area (Å²) in [4.78, 5) is 10.9. The number of rotatable bonds is 9. The molecule has 2 N–H and O–H groups in total. The largest absolute Gasteiger partial charge is 0.387 e. The number of aliphatic hydroxyl groups is 1. The molecule has 0 fully saturated rings. The van der Waals surface area contributed by atoms with E-state index in [9.17, 15) is 5.11 Å². The Hall–Kier alpha value is -2.54. The number of thiazole rings is 1. The summed E-state index contributed by atoms with van der Waals surface area (Å²) in [5.74, 6) is 1.05. The zero-order chi connectivity index (χ0) is 21.8. The molecule has 2 heterocycles. The Balaban J connectivity index is 1.39. The van der Waals surface area contributed by atoms with Gasteiger partial charge in [-0.25, -0.2) is 9.97 Å². The van der Waals surface area contributed by atoms with Crippen LogP contribution in [-0.4, -0.2) is 32.7 Å². The summed E-state index contributed by atoms with van der Waals surface area (Å²) in [6.45, 7) is 5.62. The smallest absolute Gasteiger partial charge is 0.115 e. The summed E-state index contributed by atoms with van der Waals surface area (Å²) in [5, 5.41) is 14.8. The molecular weight excluding hydrogens is 404 g/mol. The van der Waals surface area contributed by atoms with Gasteiger partial charge in [0.2, 0.25) is 0 Å². The second-order valence-corrected chi connectivity index (χ2v) is 9.21. The van der Waals surface area contributed by atoms with E-state index in [1.54, 1.807) is 11.3 Å². The van der Waals surface area contributed by atoms with Gasteiger partial charge in [0.25, 0.3) is 0 Å². The highest BCUT2D eigenvalue weighted by Gasteiger charge is 2.14. The number of imidazole rings is 1. The zero-order valence-corrected chi connectivity index (χ0v) is 19.2. The van der Waals surface area contributed by atoms with E-state index in [0.29, 0.717) is 6.54 Å². The fraction of sp³-hybridized carbons (Fsp3) is 0.360. The Morgan fingerprint density at radius 1 is 1.13 bits per heavy atom. The summed E-state index contributed by atoms with van der Waals surface area (Å²) in [6.07, 6.45) is 2.21. The number of aliphatic hydroxyl groups excluding tert-OH is 1. The molecule has 6 heteroatoms. The predicted octanol–water partition coefficient (Wildman–Crippen LogP) is 4.36. The lowest BCUT2D eigenvalue weighted by atomic mass is 10.1. The first-order chi connectivity index (χ1) is 15.0. The number of benzene rings is 2. The third kappa shape index (κ3) is 5.03. The van der Waals surface area contributed by atoms with E-state index in [4.69, 9.17) is 9.97 Å². The Kier molecular flexibility index (Phi) is 6.80. The van der Waals surface area contributed by atoms with Crippen molar-refractivity contribution in [3.05, 3.63) is 81.1 Å². The van der Waals surface area contributed by atoms with Crippen molar-refractivity contribution in [2.75, 3.05) is 13.1 Å². The van der Waals surface area contributed by atoms with Crippen LogP contribution in [0.5, 0.6) is 0 Å². The molecule has 2 aromatic carbocycles. The summed E-state index contributed by atoms with van der Waals surface area (Å²) in [7, 11) is 2.09. The molecule has 0 unspecified atom stereocenters. The van der Waals surface area contributed by atoms with Crippen LogP contribution < -0.4 is 5.32 Å². The Labute approximate surface area is 187 Å². The van der Waals surface area contributed by atoms with Crippen LogP contribution in [0.25, 0.3) is 11.0 Å². The van der Waals surface area contributed by atoms with Crippen molar-refractivity contribution in [2.45, 2.75) is 39.2 Å². The number of nitrogens with zero attached hydrogens (tertiary/aromatic N) is 3. The van der Waals surface area contributed by atoms with Gasteiger partial charge in [0.1, 0.15) is 5.82 Å². The minimum atomic E-state index is -0.481. The topological polar surface area (TPSA) is 63.0 Å². The van der Waals surface area contributed by atoms with Gasteiger partial charge in [0.05, 0.1) is 27.8 Å². The van der Waals surface area contributed by atoms with Gasteiger partial charge in [-0.15, -0.1) is 11.3 Å². The Morgan fingerprint density at radius 3 is 2.71 bits per heavy atom. The second kappa shape index (κ2) is 9.73. The number of hydrogen-bond acceptors (Lipinski definition) is 5. The lowest BCUT2D eigenvalue weighted by molar-refractivity contribution is 0.175. The SMILES string of the molecule is CCc1sc(C)nc1Cc1nc2ccc(CCNC[C@H](O)c3ccccc3)cc2n1C. The van der Waals surface area contributed by atoms with Crippen molar-refractivity contribution < 1.29 is 5.11 Å². The number of fused-ring (bicyclic) bond motifs is 1. The molecule has 4 aromatic rings. The number of nitrogens with one attached hydrogen (secondary N) is 1. The molecule has 0 amide bonds. The minimum absolute atomic E-state index is 0.481. The van der Waals surface area contributed by atoms with Gasteiger partial charge in [-0.1, -0.05) is 43.3 Å². The van der Waals surface area contributed by atoms with E-state index in [0.717, 1.165) is 58.9 Å². The first-order valence-electron chi connectivity index (χ1n) is 10.9. The molecule has 162 valence electrons. The van der Waals surface area contributed by atoms with Crippen LogP contribution in [0, 0.1) is 6.92 Å². The van der Waals surface area contributed by atoms with Crippen LogP contribution in [-0.2, 0) is 26.3 Å². The van der Waals surface area contributed by atoms with Gasteiger partial charge in [0.15, 0.2) is 0 Å². The molecule has 0 aliphatic heterocycles. The third-order valence-corrected chi connectivity index (χ3v) is 6.84. The van der Waals surface area contributed by atoms with Gasteiger partial charge in [-0.3, -0.25) is 0 Å². The summed E-state index contributed by atoms with van der Waals surface area (Å²) in [6, 6.07) is 16.3. The van der Waals surface area contributed by atoms with E-state index >= 15 is 0 Å². The molecule has 1 atom stereocenters. The molecular formula is C25H30N4OS. The van der Waals surface area contributed by atoms with Crippen molar-refractivity contribution in [3.8, 4) is 0 Å². The molecule has 2 aromatic heterocycles. The van der Waals surface area contributed by atoms with E-state index in [2.05, 4.69) is 49.0 Å². The quantitative estimate of drug-likeness (QED) is 0.384. The first-order valence-corrected chi connectivity index (χ1v) is 11.7. The highest BCUT2D eigenvalue weighted by molar-refractivity contribution is 7.11. The van der Waals surface area contributed by atoms with Crippen molar-refractivity contribution >= 4 is 22.4 Å². The van der Waals surface area contributed by atoms with Gasteiger partial charge in [-0.2, -0.15) is 0 Å². The number of hydrogen-bond donors (Lipinski definition) is 2. The zero-order valence-electron chi connectivity index (χ0n) is 18.4.